The standard InChI is InChI=1S/C13H22N2O3S/c1-7(19-2)6-14-13(18)15-11-9-4-3-8(5-9)10(11)12(16)17/h7-11H,3-6H2,1-2H3,(H,16,17)(H2,14,15,18). The summed E-state index contributed by atoms with van der Waals surface area (Å²) in [4.78, 5) is 23.2. The van der Waals surface area contributed by atoms with Gasteiger partial charge in [0.2, 0.25) is 0 Å². The monoisotopic (exact) mass is 286 g/mol. The van der Waals surface area contributed by atoms with E-state index >= 15 is 0 Å². The molecule has 3 N–H and O–H groups in total. The molecule has 0 radical (unpaired) electrons. The third-order valence-corrected chi connectivity index (χ3v) is 5.42. The van der Waals surface area contributed by atoms with Crippen molar-refractivity contribution in [1.29, 1.82) is 0 Å². The molecule has 0 aromatic carbocycles. The Morgan fingerprint density at radius 1 is 1.37 bits per heavy atom. The second kappa shape index (κ2) is 6.03. The molecule has 2 amide bonds. The summed E-state index contributed by atoms with van der Waals surface area (Å²) >= 11 is 1.69. The molecule has 0 aromatic heterocycles. The first kappa shape index (κ1) is 14.5. The second-order valence-electron chi connectivity index (χ2n) is 5.62. The van der Waals surface area contributed by atoms with Crippen LogP contribution in [0.15, 0.2) is 0 Å². The number of amides is 2. The van der Waals surface area contributed by atoms with Crippen molar-refractivity contribution in [3.8, 4) is 0 Å². The Morgan fingerprint density at radius 2 is 2.05 bits per heavy atom. The lowest BCUT2D eigenvalue weighted by Crippen LogP contribution is -2.50. The average molecular weight is 286 g/mol. The Labute approximate surface area is 117 Å². The highest BCUT2D eigenvalue weighted by Gasteiger charge is 2.51. The number of rotatable bonds is 5. The van der Waals surface area contributed by atoms with Gasteiger partial charge in [-0.1, -0.05) is 6.92 Å². The highest BCUT2D eigenvalue weighted by atomic mass is 32.2. The lowest BCUT2D eigenvalue weighted by molar-refractivity contribution is -0.144. The molecule has 2 bridgehead atoms. The maximum absolute atomic E-state index is 11.8. The molecule has 2 fully saturated rings. The third-order valence-electron chi connectivity index (χ3n) is 4.45. The highest BCUT2D eigenvalue weighted by Crippen LogP contribution is 2.48. The van der Waals surface area contributed by atoms with Crippen LogP contribution >= 0.6 is 11.8 Å². The Bertz CT molecular complexity index is 364. The summed E-state index contributed by atoms with van der Waals surface area (Å²) in [7, 11) is 0. The maximum atomic E-state index is 11.8. The quantitative estimate of drug-likeness (QED) is 0.716. The average Bonchev–Trinajstić information content (AvgIpc) is 2.96. The Kier molecular flexibility index (Phi) is 4.60. The largest absolute Gasteiger partial charge is 0.481 e. The fourth-order valence-electron chi connectivity index (χ4n) is 3.38. The first-order valence-electron chi connectivity index (χ1n) is 6.83. The number of hydrogen-bond donors (Lipinski definition) is 3. The van der Waals surface area contributed by atoms with Crippen molar-refractivity contribution in [3.05, 3.63) is 0 Å². The number of aliphatic carboxylic acids is 1. The summed E-state index contributed by atoms with van der Waals surface area (Å²) in [5.41, 5.74) is 0. The van der Waals surface area contributed by atoms with E-state index in [1.165, 1.54) is 0 Å². The molecule has 2 rings (SSSR count). The normalized spacial score (nSPS) is 34.0. The van der Waals surface area contributed by atoms with Crippen LogP contribution in [0.25, 0.3) is 0 Å². The molecule has 2 saturated carbocycles. The minimum absolute atomic E-state index is 0.194. The zero-order valence-electron chi connectivity index (χ0n) is 11.4. The molecule has 6 heteroatoms. The van der Waals surface area contributed by atoms with Gasteiger partial charge in [0.05, 0.1) is 5.92 Å². The Morgan fingerprint density at radius 3 is 2.68 bits per heavy atom. The van der Waals surface area contributed by atoms with Gasteiger partial charge < -0.3 is 15.7 Å². The van der Waals surface area contributed by atoms with Crippen LogP contribution in [0.1, 0.15) is 26.2 Å². The van der Waals surface area contributed by atoms with Gasteiger partial charge in [0.15, 0.2) is 0 Å². The Balaban J connectivity index is 1.87. The predicted octanol–water partition coefficient (Wildman–Crippen LogP) is 1.54. The van der Waals surface area contributed by atoms with E-state index in [1.807, 2.05) is 13.2 Å². The fourth-order valence-corrected chi connectivity index (χ4v) is 3.63. The summed E-state index contributed by atoms with van der Waals surface area (Å²) in [6, 6.07) is -0.425. The Hall–Kier alpha value is -0.910. The molecule has 0 saturated heterocycles. The van der Waals surface area contributed by atoms with Crippen LogP contribution in [-0.2, 0) is 4.79 Å². The molecule has 2 aliphatic carbocycles. The van der Waals surface area contributed by atoms with Crippen molar-refractivity contribution in [1.82, 2.24) is 10.6 Å². The van der Waals surface area contributed by atoms with Crippen molar-refractivity contribution in [3.63, 3.8) is 0 Å². The van der Waals surface area contributed by atoms with Crippen LogP contribution in [0.3, 0.4) is 0 Å². The topological polar surface area (TPSA) is 78.4 Å². The molecule has 2 aliphatic rings. The maximum Gasteiger partial charge on any atom is 0.315 e. The first-order chi connectivity index (χ1) is 9.02. The molecular weight excluding hydrogens is 264 g/mol. The number of carbonyl (C=O) groups is 2. The van der Waals surface area contributed by atoms with Crippen LogP contribution in [0, 0.1) is 17.8 Å². The fraction of sp³-hybridized carbons (Fsp3) is 0.846. The van der Waals surface area contributed by atoms with Gasteiger partial charge in [0, 0.05) is 17.8 Å². The van der Waals surface area contributed by atoms with Crippen molar-refractivity contribution in [2.45, 2.75) is 37.5 Å². The third kappa shape index (κ3) is 3.16. The summed E-state index contributed by atoms with van der Waals surface area (Å²) in [5, 5.41) is 15.4. The number of carbonyl (C=O) groups excluding carboxylic acids is 1. The molecule has 0 aliphatic heterocycles. The summed E-state index contributed by atoms with van der Waals surface area (Å²) in [5.74, 6) is -0.579. The molecule has 0 aromatic rings. The van der Waals surface area contributed by atoms with Crippen LogP contribution in [0.4, 0.5) is 4.79 Å². The number of fused-ring (bicyclic) bond motifs is 2. The second-order valence-corrected chi connectivity index (χ2v) is 6.90. The van der Waals surface area contributed by atoms with Crippen molar-refractivity contribution in [2.24, 2.45) is 17.8 Å². The highest BCUT2D eigenvalue weighted by molar-refractivity contribution is 7.99. The number of nitrogens with one attached hydrogen (secondary N) is 2. The molecular formula is C13H22N2O3S. The van der Waals surface area contributed by atoms with Gasteiger partial charge >= 0.3 is 12.0 Å². The van der Waals surface area contributed by atoms with E-state index in [9.17, 15) is 14.7 Å². The smallest absolute Gasteiger partial charge is 0.315 e. The number of carboxylic acid groups (broad SMARTS) is 1. The molecule has 5 unspecified atom stereocenters. The van der Waals surface area contributed by atoms with E-state index in [0.29, 0.717) is 17.7 Å². The predicted molar refractivity (Wildman–Crippen MR) is 75.3 cm³/mol. The van der Waals surface area contributed by atoms with Crippen LogP contribution in [-0.4, -0.2) is 41.2 Å². The molecule has 19 heavy (non-hydrogen) atoms. The lowest BCUT2D eigenvalue weighted by Gasteiger charge is -2.29. The van der Waals surface area contributed by atoms with Gasteiger partial charge in [0.25, 0.3) is 0 Å². The number of thioether (sulfide) groups is 1. The SMILES string of the molecule is CSC(C)CNC(=O)NC1C2CCC(C2)C1C(=O)O. The molecule has 0 spiro atoms. The molecule has 0 heterocycles. The van der Waals surface area contributed by atoms with Gasteiger partial charge in [-0.3, -0.25) is 4.79 Å². The molecule has 108 valence electrons. The van der Waals surface area contributed by atoms with E-state index in [-0.39, 0.29) is 18.0 Å². The summed E-state index contributed by atoms with van der Waals surface area (Å²) in [6.07, 6.45) is 4.98. The lowest BCUT2D eigenvalue weighted by atomic mass is 9.84. The summed E-state index contributed by atoms with van der Waals surface area (Å²) in [6.45, 7) is 2.65. The number of hydrogen-bond acceptors (Lipinski definition) is 3. The van der Waals surface area contributed by atoms with E-state index in [0.717, 1.165) is 19.3 Å². The van der Waals surface area contributed by atoms with E-state index in [1.54, 1.807) is 11.8 Å². The zero-order valence-corrected chi connectivity index (χ0v) is 12.2. The van der Waals surface area contributed by atoms with Gasteiger partial charge in [-0.05, 0) is 37.4 Å². The minimum Gasteiger partial charge on any atom is -0.481 e. The van der Waals surface area contributed by atoms with E-state index in [4.69, 9.17) is 0 Å². The number of carboxylic acids is 1. The van der Waals surface area contributed by atoms with Crippen LogP contribution in [0.2, 0.25) is 0 Å². The van der Waals surface area contributed by atoms with Crippen LogP contribution < -0.4 is 10.6 Å². The van der Waals surface area contributed by atoms with Gasteiger partial charge in [-0.25, -0.2) is 4.79 Å². The van der Waals surface area contributed by atoms with Crippen LogP contribution in [0.5, 0.6) is 0 Å². The van der Waals surface area contributed by atoms with E-state index < -0.39 is 11.9 Å². The first-order valence-corrected chi connectivity index (χ1v) is 8.11. The van der Waals surface area contributed by atoms with Gasteiger partial charge in [0.1, 0.15) is 0 Å². The number of urea groups is 1. The van der Waals surface area contributed by atoms with Crippen molar-refractivity contribution >= 4 is 23.8 Å². The minimum atomic E-state index is -0.769. The molecule has 5 atom stereocenters. The van der Waals surface area contributed by atoms with E-state index in [2.05, 4.69) is 10.6 Å². The zero-order chi connectivity index (χ0) is 14.0. The van der Waals surface area contributed by atoms with Crippen molar-refractivity contribution in [2.75, 3.05) is 12.8 Å². The summed E-state index contributed by atoms with van der Waals surface area (Å²) < 4.78 is 0. The van der Waals surface area contributed by atoms with Gasteiger partial charge in [-0.2, -0.15) is 11.8 Å². The molecule has 5 nitrogen and oxygen atoms in total. The van der Waals surface area contributed by atoms with Crippen molar-refractivity contribution < 1.29 is 14.7 Å². The van der Waals surface area contributed by atoms with Gasteiger partial charge in [-0.15, -0.1) is 0 Å².